The molecule has 0 spiro atoms. The molecule has 0 amide bonds. The van der Waals surface area contributed by atoms with E-state index in [1.165, 1.54) is 12.8 Å². The van der Waals surface area contributed by atoms with Crippen LogP contribution >= 0.6 is 11.6 Å². The van der Waals surface area contributed by atoms with E-state index in [9.17, 15) is 0 Å². The molecule has 15 heavy (non-hydrogen) atoms. The van der Waals surface area contributed by atoms with Crippen LogP contribution in [0.15, 0.2) is 0 Å². The monoisotopic (exact) mass is 236 g/mol. The molecule has 0 aromatic heterocycles. The van der Waals surface area contributed by atoms with Crippen molar-refractivity contribution in [1.29, 1.82) is 0 Å². The van der Waals surface area contributed by atoms with Gasteiger partial charge < -0.3 is 9.47 Å². The molecule has 0 N–H and O–H groups in total. The van der Waals surface area contributed by atoms with E-state index in [0.717, 1.165) is 24.8 Å². The van der Waals surface area contributed by atoms with Gasteiger partial charge in [0.2, 0.25) is 0 Å². The molecule has 0 saturated carbocycles. The fraction of sp³-hybridized carbons (Fsp3) is 1.00. The van der Waals surface area contributed by atoms with E-state index in [1.54, 1.807) is 7.11 Å². The molecule has 0 bridgehead atoms. The predicted octanol–water partition coefficient (Wildman–Crippen LogP) is 3.33. The summed E-state index contributed by atoms with van der Waals surface area (Å²) in [5.41, 5.74) is 0. The molecule has 92 valence electrons. The largest absolute Gasteiger partial charge is 0.382 e. The molecule has 0 radical (unpaired) electrons. The van der Waals surface area contributed by atoms with Gasteiger partial charge in [-0.3, -0.25) is 0 Å². The second-order valence-electron chi connectivity index (χ2n) is 4.40. The van der Waals surface area contributed by atoms with Crippen LogP contribution in [0.4, 0.5) is 0 Å². The van der Waals surface area contributed by atoms with E-state index < -0.39 is 0 Å². The van der Waals surface area contributed by atoms with Crippen molar-refractivity contribution in [2.24, 2.45) is 11.8 Å². The Kier molecular flexibility index (Phi) is 10.9. The normalized spacial score (nSPS) is 13.4. The summed E-state index contributed by atoms with van der Waals surface area (Å²) in [7, 11) is 1.69. The molecule has 0 saturated heterocycles. The lowest BCUT2D eigenvalue weighted by atomic mass is 9.95. The molecule has 0 fully saturated rings. The molecule has 0 rings (SSSR count). The van der Waals surface area contributed by atoms with Crippen LogP contribution in [0.5, 0.6) is 0 Å². The van der Waals surface area contributed by atoms with Crippen LogP contribution in [0.25, 0.3) is 0 Å². The Labute approximate surface area is 99.3 Å². The number of halogens is 1. The van der Waals surface area contributed by atoms with Gasteiger partial charge >= 0.3 is 0 Å². The van der Waals surface area contributed by atoms with Gasteiger partial charge in [0.1, 0.15) is 0 Å². The molecule has 1 unspecified atom stereocenters. The first-order valence-electron chi connectivity index (χ1n) is 5.83. The van der Waals surface area contributed by atoms with E-state index in [4.69, 9.17) is 21.1 Å². The lowest BCUT2D eigenvalue weighted by Crippen LogP contribution is -2.09. The van der Waals surface area contributed by atoms with Gasteiger partial charge in [-0.2, -0.15) is 0 Å². The van der Waals surface area contributed by atoms with E-state index in [1.807, 2.05) is 0 Å². The van der Waals surface area contributed by atoms with Gasteiger partial charge in [-0.1, -0.05) is 13.8 Å². The zero-order valence-corrected chi connectivity index (χ0v) is 11.1. The second-order valence-corrected chi connectivity index (χ2v) is 4.71. The summed E-state index contributed by atoms with van der Waals surface area (Å²) >= 11 is 5.91. The van der Waals surface area contributed by atoms with Crippen molar-refractivity contribution in [3.05, 3.63) is 0 Å². The third-order valence-corrected chi connectivity index (χ3v) is 2.79. The van der Waals surface area contributed by atoms with Gasteiger partial charge in [0.05, 0.1) is 13.2 Å². The summed E-state index contributed by atoms with van der Waals surface area (Å²) < 4.78 is 10.3. The fourth-order valence-corrected chi connectivity index (χ4v) is 1.92. The summed E-state index contributed by atoms with van der Waals surface area (Å²) in [6, 6.07) is 0. The van der Waals surface area contributed by atoms with Crippen molar-refractivity contribution < 1.29 is 9.47 Å². The fourth-order valence-electron chi connectivity index (χ4n) is 1.64. The number of rotatable bonds is 10. The lowest BCUT2D eigenvalue weighted by molar-refractivity contribution is 0.0672. The zero-order chi connectivity index (χ0) is 11.5. The van der Waals surface area contributed by atoms with Crippen LogP contribution in [0, 0.1) is 11.8 Å². The Morgan fingerprint density at radius 1 is 1.13 bits per heavy atom. The molecule has 0 aliphatic rings. The zero-order valence-electron chi connectivity index (χ0n) is 10.3. The molecule has 0 aromatic rings. The summed E-state index contributed by atoms with van der Waals surface area (Å²) in [4.78, 5) is 0. The predicted molar refractivity (Wildman–Crippen MR) is 65.6 cm³/mol. The second kappa shape index (κ2) is 10.7. The Morgan fingerprint density at radius 3 is 2.40 bits per heavy atom. The highest BCUT2D eigenvalue weighted by Gasteiger charge is 2.09. The van der Waals surface area contributed by atoms with Crippen LogP contribution in [0.2, 0.25) is 0 Å². The van der Waals surface area contributed by atoms with Gasteiger partial charge in [-0.25, -0.2) is 0 Å². The summed E-state index contributed by atoms with van der Waals surface area (Å²) in [6.07, 6.45) is 3.50. The Morgan fingerprint density at radius 2 is 1.87 bits per heavy atom. The van der Waals surface area contributed by atoms with E-state index >= 15 is 0 Å². The van der Waals surface area contributed by atoms with Gasteiger partial charge in [0, 0.05) is 19.6 Å². The van der Waals surface area contributed by atoms with Crippen molar-refractivity contribution in [2.75, 3.05) is 32.8 Å². The molecule has 0 heterocycles. The van der Waals surface area contributed by atoms with E-state index in [-0.39, 0.29) is 0 Å². The molecule has 2 nitrogen and oxygen atoms in total. The van der Waals surface area contributed by atoms with Gasteiger partial charge in [0.15, 0.2) is 0 Å². The topological polar surface area (TPSA) is 18.5 Å². The lowest BCUT2D eigenvalue weighted by Gasteiger charge is -2.15. The first-order valence-corrected chi connectivity index (χ1v) is 6.36. The number of hydrogen-bond donors (Lipinski definition) is 0. The maximum Gasteiger partial charge on any atom is 0.0700 e. The molecule has 0 aromatic carbocycles. The first-order chi connectivity index (χ1) is 7.20. The number of methoxy groups -OCH3 is 1. The highest BCUT2D eigenvalue weighted by atomic mass is 35.5. The van der Waals surface area contributed by atoms with Crippen LogP contribution in [0.1, 0.15) is 33.1 Å². The Balaban J connectivity index is 3.30. The van der Waals surface area contributed by atoms with Crippen molar-refractivity contribution in [1.82, 2.24) is 0 Å². The van der Waals surface area contributed by atoms with Crippen molar-refractivity contribution in [2.45, 2.75) is 33.1 Å². The van der Waals surface area contributed by atoms with Crippen LogP contribution < -0.4 is 0 Å². The quantitative estimate of drug-likeness (QED) is 0.428. The van der Waals surface area contributed by atoms with E-state index in [0.29, 0.717) is 19.1 Å². The third-order valence-electron chi connectivity index (χ3n) is 2.36. The van der Waals surface area contributed by atoms with Gasteiger partial charge in [0.25, 0.3) is 0 Å². The van der Waals surface area contributed by atoms with Crippen LogP contribution in [-0.4, -0.2) is 32.8 Å². The molecule has 1 atom stereocenters. The highest BCUT2D eigenvalue weighted by Crippen LogP contribution is 2.18. The Hall–Kier alpha value is 0.210. The molecule has 3 heteroatoms. The average Bonchev–Trinajstić information content (AvgIpc) is 2.20. The average molecular weight is 237 g/mol. The van der Waals surface area contributed by atoms with Crippen LogP contribution in [-0.2, 0) is 9.47 Å². The molecule has 0 aliphatic heterocycles. The van der Waals surface area contributed by atoms with Crippen molar-refractivity contribution in [3.8, 4) is 0 Å². The SMILES string of the molecule is COCCOCCCC(CCl)CC(C)C. The number of alkyl halides is 1. The van der Waals surface area contributed by atoms with E-state index in [2.05, 4.69) is 13.8 Å². The summed E-state index contributed by atoms with van der Waals surface area (Å²) in [6.45, 7) is 6.70. The molecular weight excluding hydrogens is 212 g/mol. The first kappa shape index (κ1) is 15.2. The third kappa shape index (κ3) is 10.5. The summed E-state index contributed by atoms with van der Waals surface area (Å²) in [5.74, 6) is 2.16. The van der Waals surface area contributed by atoms with Gasteiger partial charge in [-0.05, 0) is 31.1 Å². The maximum atomic E-state index is 5.91. The Bertz CT molecular complexity index is 129. The summed E-state index contributed by atoms with van der Waals surface area (Å²) in [5, 5.41) is 0. The number of ether oxygens (including phenoxy) is 2. The molecule has 0 aliphatic carbocycles. The smallest absolute Gasteiger partial charge is 0.0700 e. The standard InChI is InChI=1S/C12H25ClO2/c1-11(2)9-12(10-13)5-4-6-15-8-7-14-3/h11-12H,4-10H2,1-3H3. The van der Waals surface area contributed by atoms with Crippen molar-refractivity contribution in [3.63, 3.8) is 0 Å². The number of hydrogen-bond acceptors (Lipinski definition) is 2. The maximum absolute atomic E-state index is 5.91. The van der Waals surface area contributed by atoms with Gasteiger partial charge in [-0.15, -0.1) is 11.6 Å². The minimum atomic E-state index is 0.651. The molecular formula is C12H25ClO2. The minimum absolute atomic E-state index is 0.651. The minimum Gasteiger partial charge on any atom is -0.382 e. The van der Waals surface area contributed by atoms with Crippen LogP contribution in [0.3, 0.4) is 0 Å². The van der Waals surface area contributed by atoms with Crippen molar-refractivity contribution >= 4 is 11.6 Å². The highest BCUT2D eigenvalue weighted by molar-refractivity contribution is 6.18.